The van der Waals surface area contributed by atoms with Gasteiger partial charge in [-0.15, -0.1) is 12.6 Å². The van der Waals surface area contributed by atoms with Gasteiger partial charge in [-0.05, 0) is 37.8 Å². The van der Waals surface area contributed by atoms with Crippen LogP contribution in [0.5, 0.6) is 0 Å². The van der Waals surface area contributed by atoms with E-state index in [1.165, 1.54) is 0 Å². The third-order valence-corrected chi connectivity index (χ3v) is 3.94. The SMILES string of the molecule is N=C(c1ncccc1S)C1CCC(C(N)=O)CC1. The van der Waals surface area contributed by atoms with E-state index in [4.69, 9.17) is 11.1 Å². The molecule has 1 heterocycles. The molecule has 0 radical (unpaired) electrons. The van der Waals surface area contributed by atoms with Gasteiger partial charge in [0.25, 0.3) is 0 Å². The van der Waals surface area contributed by atoms with E-state index in [-0.39, 0.29) is 17.7 Å². The first kappa shape index (κ1) is 13.1. The van der Waals surface area contributed by atoms with Crippen molar-refractivity contribution >= 4 is 24.2 Å². The average molecular weight is 263 g/mol. The van der Waals surface area contributed by atoms with Crippen molar-refractivity contribution in [2.45, 2.75) is 30.6 Å². The normalized spacial score (nSPS) is 23.6. The molecule has 0 atom stereocenters. The second-order valence-corrected chi connectivity index (χ2v) is 5.22. The third kappa shape index (κ3) is 2.72. The smallest absolute Gasteiger partial charge is 0.220 e. The van der Waals surface area contributed by atoms with Crippen LogP contribution in [0.25, 0.3) is 0 Å². The Bertz CT molecular complexity index is 467. The number of pyridine rings is 1. The summed E-state index contributed by atoms with van der Waals surface area (Å²) in [6.07, 6.45) is 4.89. The zero-order valence-corrected chi connectivity index (χ0v) is 11.0. The number of primary amides is 1. The number of carbonyl (C=O) groups excluding carboxylic acids is 1. The van der Waals surface area contributed by atoms with Gasteiger partial charge in [0.1, 0.15) is 0 Å². The Labute approximate surface area is 112 Å². The maximum Gasteiger partial charge on any atom is 0.220 e. The molecule has 0 saturated heterocycles. The highest BCUT2D eigenvalue weighted by Crippen LogP contribution is 2.31. The van der Waals surface area contributed by atoms with E-state index < -0.39 is 0 Å². The van der Waals surface area contributed by atoms with E-state index in [0.29, 0.717) is 11.4 Å². The van der Waals surface area contributed by atoms with E-state index in [1.54, 1.807) is 6.20 Å². The number of amides is 1. The maximum atomic E-state index is 11.1. The third-order valence-electron chi connectivity index (χ3n) is 3.58. The summed E-state index contributed by atoms with van der Waals surface area (Å²) in [5, 5.41) is 8.21. The van der Waals surface area contributed by atoms with Gasteiger partial charge in [-0.3, -0.25) is 9.78 Å². The molecule has 1 saturated carbocycles. The first-order valence-electron chi connectivity index (χ1n) is 6.11. The molecule has 0 unspecified atom stereocenters. The van der Waals surface area contributed by atoms with Crippen molar-refractivity contribution < 1.29 is 4.79 Å². The van der Waals surface area contributed by atoms with Crippen LogP contribution in [-0.4, -0.2) is 16.6 Å². The van der Waals surface area contributed by atoms with Crippen molar-refractivity contribution in [3.05, 3.63) is 24.0 Å². The zero-order chi connectivity index (χ0) is 13.1. The van der Waals surface area contributed by atoms with E-state index in [2.05, 4.69) is 17.6 Å². The highest BCUT2D eigenvalue weighted by Gasteiger charge is 2.28. The lowest BCUT2D eigenvalue weighted by Crippen LogP contribution is -2.30. The molecule has 1 aromatic rings. The molecule has 1 aliphatic rings. The molecule has 1 aromatic heterocycles. The summed E-state index contributed by atoms with van der Waals surface area (Å²) >= 11 is 4.33. The summed E-state index contributed by atoms with van der Waals surface area (Å²) in [4.78, 5) is 16.0. The first-order valence-corrected chi connectivity index (χ1v) is 6.56. The van der Waals surface area contributed by atoms with Gasteiger partial charge in [-0.2, -0.15) is 0 Å². The molecule has 0 spiro atoms. The molecule has 1 aliphatic carbocycles. The number of hydrogen-bond donors (Lipinski definition) is 3. The number of nitrogens with zero attached hydrogens (tertiary/aromatic N) is 1. The number of aromatic nitrogens is 1. The summed E-state index contributed by atoms with van der Waals surface area (Å²) in [6.45, 7) is 0. The fourth-order valence-electron chi connectivity index (χ4n) is 2.46. The summed E-state index contributed by atoms with van der Waals surface area (Å²) in [5.74, 6) is -0.0673. The largest absolute Gasteiger partial charge is 0.369 e. The molecule has 18 heavy (non-hydrogen) atoms. The molecule has 1 fully saturated rings. The number of nitrogens with one attached hydrogen (secondary N) is 1. The van der Waals surface area contributed by atoms with Gasteiger partial charge in [0, 0.05) is 22.9 Å². The lowest BCUT2D eigenvalue weighted by molar-refractivity contribution is -0.122. The maximum absolute atomic E-state index is 11.1. The van der Waals surface area contributed by atoms with Gasteiger partial charge in [-0.25, -0.2) is 0 Å². The lowest BCUT2D eigenvalue weighted by atomic mass is 9.79. The summed E-state index contributed by atoms with van der Waals surface area (Å²) < 4.78 is 0. The number of thiol groups is 1. The Kier molecular flexibility index (Phi) is 4.01. The molecule has 96 valence electrons. The standard InChI is InChI=1S/C13H17N3OS/c14-11(12-10(18)2-1-7-16-12)8-3-5-9(6-4-8)13(15)17/h1-2,7-9,14,18H,3-6H2,(H2,15,17). The molecule has 0 aromatic carbocycles. The van der Waals surface area contributed by atoms with E-state index >= 15 is 0 Å². The molecule has 4 nitrogen and oxygen atoms in total. The predicted molar refractivity (Wildman–Crippen MR) is 73.0 cm³/mol. The first-order chi connectivity index (χ1) is 8.59. The molecule has 0 aliphatic heterocycles. The quantitative estimate of drug-likeness (QED) is 0.576. The van der Waals surface area contributed by atoms with E-state index in [0.717, 1.165) is 30.6 Å². The number of nitrogens with two attached hydrogens (primary N) is 1. The molecule has 0 bridgehead atoms. The van der Waals surface area contributed by atoms with Crippen LogP contribution >= 0.6 is 12.6 Å². The second kappa shape index (κ2) is 5.52. The Morgan fingerprint density at radius 3 is 2.50 bits per heavy atom. The fourth-order valence-corrected chi connectivity index (χ4v) is 2.73. The number of rotatable bonds is 3. The van der Waals surface area contributed by atoms with Crippen LogP contribution in [0.2, 0.25) is 0 Å². The Balaban J connectivity index is 2.04. The van der Waals surface area contributed by atoms with Gasteiger partial charge in [0.05, 0.1) is 11.4 Å². The van der Waals surface area contributed by atoms with Crippen molar-refractivity contribution in [3.8, 4) is 0 Å². The van der Waals surface area contributed by atoms with Crippen LogP contribution in [0.1, 0.15) is 31.4 Å². The van der Waals surface area contributed by atoms with Crippen molar-refractivity contribution in [3.63, 3.8) is 0 Å². The molecule has 2 rings (SSSR count). The van der Waals surface area contributed by atoms with Crippen LogP contribution in [0.4, 0.5) is 0 Å². The van der Waals surface area contributed by atoms with Crippen LogP contribution < -0.4 is 5.73 Å². The predicted octanol–water partition coefficient (Wildman–Crippen LogP) is 2.03. The van der Waals surface area contributed by atoms with Gasteiger partial charge in [-0.1, -0.05) is 0 Å². The van der Waals surface area contributed by atoms with Crippen molar-refractivity contribution in [1.82, 2.24) is 4.98 Å². The Hall–Kier alpha value is -1.36. The molecule has 5 heteroatoms. The topological polar surface area (TPSA) is 79.8 Å². The van der Waals surface area contributed by atoms with Crippen molar-refractivity contribution in [1.29, 1.82) is 5.41 Å². The van der Waals surface area contributed by atoms with Crippen molar-refractivity contribution in [2.24, 2.45) is 17.6 Å². The summed E-state index contributed by atoms with van der Waals surface area (Å²) in [7, 11) is 0. The molecule has 3 N–H and O–H groups in total. The van der Waals surface area contributed by atoms with Gasteiger partial charge in [0.2, 0.25) is 5.91 Å². The highest BCUT2D eigenvalue weighted by molar-refractivity contribution is 7.80. The van der Waals surface area contributed by atoms with Gasteiger partial charge < -0.3 is 11.1 Å². The monoisotopic (exact) mass is 263 g/mol. The van der Waals surface area contributed by atoms with Gasteiger partial charge >= 0.3 is 0 Å². The molecular formula is C13H17N3OS. The molecule has 1 amide bonds. The number of hydrogen-bond acceptors (Lipinski definition) is 4. The van der Waals surface area contributed by atoms with Crippen LogP contribution in [0.15, 0.2) is 23.2 Å². The minimum absolute atomic E-state index is 0.0201. The summed E-state index contributed by atoms with van der Waals surface area (Å²) in [6, 6.07) is 3.65. The van der Waals surface area contributed by atoms with Crippen LogP contribution in [-0.2, 0) is 4.79 Å². The second-order valence-electron chi connectivity index (χ2n) is 4.74. The Morgan fingerprint density at radius 1 is 1.33 bits per heavy atom. The minimum atomic E-state index is -0.215. The lowest BCUT2D eigenvalue weighted by Gasteiger charge is -2.27. The average Bonchev–Trinajstić information content (AvgIpc) is 2.38. The van der Waals surface area contributed by atoms with E-state index in [1.807, 2.05) is 12.1 Å². The van der Waals surface area contributed by atoms with Crippen molar-refractivity contribution in [2.75, 3.05) is 0 Å². The minimum Gasteiger partial charge on any atom is -0.369 e. The Morgan fingerprint density at radius 2 is 1.94 bits per heavy atom. The van der Waals surface area contributed by atoms with Gasteiger partial charge in [0.15, 0.2) is 0 Å². The fraction of sp³-hybridized carbons (Fsp3) is 0.462. The van der Waals surface area contributed by atoms with Crippen LogP contribution in [0.3, 0.4) is 0 Å². The van der Waals surface area contributed by atoms with E-state index in [9.17, 15) is 4.79 Å². The highest BCUT2D eigenvalue weighted by atomic mass is 32.1. The molecular weight excluding hydrogens is 246 g/mol. The number of carbonyl (C=O) groups is 1. The summed E-state index contributed by atoms with van der Waals surface area (Å²) in [5.41, 5.74) is 6.49. The van der Waals surface area contributed by atoms with Crippen LogP contribution in [0, 0.1) is 17.2 Å². The zero-order valence-electron chi connectivity index (χ0n) is 10.1.